The molecule has 2 aromatic carbocycles. The molecule has 1 atom stereocenters. The molecule has 0 saturated carbocycles. The Hall–Kier alpha value is -3.40. The van der Waals surface area contributed by atoms with Gasteiger partial charge in [-0.1, -0.05) is 37.6 Å². The number of unbranched alkanes of at least 4 members (excludes halogenated alkanes) is 1. The third-order valence-corrected chi connectivity index (χ3v) is 6.64. The van der Waals surface area contributed by atoms with Crippen molar-refractivity contribution in [2.75, 3.05) is 45.0 Å². The van der Waals surface area contributed by atoms with Crippen molar-refractivity contribution in [3.63, 3.8) is 0 Å². The quantitative estimate of drug-likeness (QED) is 0.239. The molecule has 0 aliphatic carbocycles. The first-order chi connectivity index (χ1) is 18.2. The number of anilines is 2. The fourth-order valence-corrected chi connectivity index (χ4v) is 4.81. The van der Waals surface area contributed by atoms with Crippen molar-refractivity contribution in [1.82, 2.24) is 19.9 Å². The lowest BCUT2D eigenvalue weighted by atomic mass is 10.1. The molecule has 0 amide bonds. The number of ether oxygens (including phenoxy) is 2. The van der Waals surface area contributed by atoms with Gasteiger partial charge in [-0.05, 0) is 36.6 Å². The maximum absolute atomic E-state index is 7.00. The second kappa shape index (κ2) is 12.7. The minimum absolute atomic E-state index is 0.279. The second-order valence-electron chi connectivity index (χ2n) is 9.10. The lowest BCUT2D eigenvalue weighted by Gasteiger charge is -2.16. The van der Waals surface area contributed by atoms with Crippen molar-refractivity contribution in [3.8, 4) is 5.75 Å². The first-order valence-corrected chi connectivity index (χ1v) is 12.9. The van der Waals surface area contributed by atoms with Gasteiger partial charge in [0.05, 0.1) is 25.8 Å². The van der Waals surface area contributed by atoms with Gasteiger partial charge < -0.3 is 35.5 Å². The first-order valence-electron chi connectivity index (χ1n) is 12.9. The number of nitrogens with two attached hydrogens (primary N) is 1. The minimum atomic E-state index is 0.279. The number of aliphatic hydroxyl groups excluding tert-OH is 1. The zero-order chi connectivity index (χ0) is 26.2. The van der Waals surface area contributed by atoms with Gasteiger partial charge in [0, 0.05) is 43.8 Å². The van der Waals surface area contributed by atoms with Gasteiger partial charge in [0.25, 0.3) is 0 Å². The van der Waals surface area contributed by atoms with Crippen molar-refractivity contribution in [3.05, 3.63) is 53.6 Å². The number of hydrogen-bond donors (Lipinski definition) is 4. The Morgan fingerprint density at radius 1 is 1.19 bits per heavy atom. The Bertz CT molecular complexity index is 1320. The van der Waals surface area contributed by atoms with Crippen molar-refractivity contribution in [1.29, 1.82) is 0 Å². The van der Waals surface area contributed by atoms with Crippen LogP contribution in [-0.4, -0.2) is 59.7 Å². The predicted molar refractivity (Wildman–Crippen MR) is 149 cm³/mol. The summed E-state index contributed by atoms with van der Waals surface area (Å²) in [4.78, 5) is 9.23. The van der Waals surface area contributed by atoms with E-state index < -0.39 is 0 Å². The van der Waals surface area contributed by atoms with Crippen LogP contribution in [0.2, 0.25) is 0 Å². The van der Waals surface area contributed by atoms with Gasteiger partial charge >= 0.3 is 0 Å². The fourth-order valence-electron chi connectivity index (χ4n) is 4.81. The third kappa shape index (κ3) is 5.95. The van der Waals surface area contributed by atoms with Gasteiger partial charge in [-0.3, -0.25) is 0 Å². The zero-order valence-electron chi connectivity index (χ0n) is 22.0. The number of nitrogens with zero attached hydrogens (tertiary/aromatic N) is 3. The maximum atomic E-state index is 7.00. The molecule has 1 aliphatic heterocycles. The van der Waals surface area contributed by atoms with E-state index in [1.54, 1.807) is 7.11 Å². The Labute approximate surface area is 218 Å². The second-order valence-corrected chi connectivity index (χ2v) is 9.10. The van der Waals surface area contributed by atoms with Crippen molar-refractivity contribution >= 4 is 33.7 Å². The van der Waals surface area contributed by atoms with E-state index in [-0.39, 0.29) is 5.95 Å². The highest BCUT2D eigenvalue weighted by Crippen LogP contribution is 2.34. The SMILES string of the molecule is CCCCNc1nc(N)nc2c3ccccc3n(Cc3cc(CNC4CCOC4)ccc3OC)c12.CO. The van der Waals surface area contributed by atoms with Crippen LogP contribution in [0.5, 0.6) is 5.75 Å². The molecule has 2 aromatic heterocycles. The lowest BCUT2D eigenvalue weighted by Crippen LogP contribution is -2.28. The van der Waals surface area contributed by atoms with Crippen LogP contribution in [0.1, 0.15) is 37.3 Å². The highest BCUT2D eigenvalue weighted by atomic mass is 16.5. The summed E-state index contributed by atoms with van der Waals surface area (Å²) in [6.45, 7) is 6.04. The van der Waals surface area contributed by atoms with Gasteiger partial charge in [0.1, 0.15) is 16.8 Å². The summed E-state index contributed by atoms with van der Waals surface area (Å²) < 4.78 is 13.5. The Morgan fingerprint density at radius 2 is 2.03 bits per heavy atom. The van der Waals surface area contributed by atoms with Gasteiger partial charge in [0.15, 0.2) is 5.82 Å². The molecule has 1 unspecified atom stereocenters. The van der Waals surface area contributed by atoms with Crippen molar-refractivity contribution in [2.45, 2.75) is 45.3 Å². The molecular weight excluding hydrogens is 468 g/mol. The Morgan fingerprint density at radius 3 is 2.78 bits per heavy atom. The topological polar surface area (TPSA) is 119 Å². The molecule has 0 radical (unpaired) electrons. The Balaban J connectivity index is 0.00000156. The van der Waals surface area contributed by atoms with Crippen LogP contribution in [0.4, 0.5) is 11.8 Å². The highest BCUT2D eigenvalue weighted by Gasteiger charge is 2.19. The number of aromatic nitrogens is 3. The molecule has 1 fully saturated rings. The molecular formula is C28H38N6O3. The van der Waals surface area contributed by atoms with Gasteiger partial charge in [-0.15, -0.1) is 0 Å². The summed E-state index contributed by atoms with van der Waals surface area (Å²) in [5, 5.41) is 15.2. The minimum Gasteiger partial charge on any atom is -0.496 e. The third-order valence-electron chi connectivity index (χ3n) is 6.64. The number of fused-ring (bicyclic) bond motifs is 3. The summed E-state index contributed by atoms with van der Waals surface area (Å²) in [6.07, 6.45) is 3.21. The largest absolute Gasteiger partial charge is 0.496 e. The molecule has 9 nitrogen and oxygen atoms in total. The van der Waals surface area contributed by atoms with Crippen LogP contribution >= 0.6 is 0 Å². The van der Waals surface area contributed by atoms with E-state index in [2.05, 4.69) is 68.5 Å². The number of para-hydroxylation sites is 1. The summed E-state index contributed by atoms with van der Waals surface area (Å²) in [6, 6.07) is 15.1. The van der Waals surface area contributed by atoms with Crippen LogP contribution in [0, 0.1) is 0 Å². The van der Waals surface area contributed by atoms with E-state index >= 15 is 0 Å². The van der Waals surface area contributed by atoms with Crippen LogP contribution in [-0.2, 0) is 17.8 Å². The van der Waals surface area contributed by atoms with E-state index in [1.807, 2.05) is 6.07 Å². The molecule has 0 spiro atoms. The highest BCUT2D eigenvalue weighted by molar-refractivity contribution is 6.09. The number of hydrogen-bond acceptors (Lipinski definition) is 8. The van der Waals surface area contributed by atoms with Gasteiger partial charge in [-0.25, -0.2) is 4.98 Å². The number of benzene rings is 2. The van der Waals surface area contributed by atoms with E-state index in [0.29, 0.717) is 12.6 Å². The van der Waals surface area contributed by atoms with Crippen LogP contribution in [0.15, 0.2) is 42.5 Å². The molecule has 37 heavy (non-hydrogen) atoms. The van der Waals surface area contributed by atoms with Crippen molar-refractivity contribution < 1.29 is 14.6 Å². The smallest absolute Gasteiger partial charge is 0.222 e. The van der Waals surface area contributed by atoms with Crippen LogP contribution < -0.4 is 21.1 Å². The number of aliphatic hydroxyl groups is 1. The molecule has 3 heterocycles. The summed E-state index contributed by atoms with van der Waals surface area (Å²) in [7, 11) is 2.72. The zero-order valence-corrected chi connectivity index (χ0v) is 22.0. The monoisotopic (exact) mass is 506 g/mol. The van der Waals surface area contributed by atoms with Crippen molar-refractivity contribution in [2.24, 2.45) is 0 Å². The van der Waals surface area contributed by atoms with E-state index in [1.165, 1.54) is 5.56 Å². The average molecular weight is 507 g/mol. The maximum Gasteiger partial charge on any atom is 0.222 e. The number of nitrogen functional groups attached to an aromatic ring is 1. The molecule has 198 valence electrons. The van der Waals surface area contributed by atoms with Crippen LogP contribution in [0.3, 0.4) is 0 Å². The first kappa shape index (κ1) is 26.7. The Kier molecular flexibility index (Phi) is 9.16. The van der Waals surface area contributed by atoms with Crippen LogP contribution in [0.25, 0.3) is 21.9 Å². The molecule has 5 rings (SSSR count). The molecule has 0 bridgehead atoms. The van der Waals surface area contributed by atoms with Gasteiger partial charge in [-0.2, -0.15) is 4.98 Å². The lowest BCUT2D eigenvalue weighted by molar-refractivity contribution is 0.190. The molecule has 1 aliphatic rings. The normalized spacial score (nSPS) is 15.1. The number of rotatable bonds is 10. The molecule has 9 heteroatoms. The molecule has 1 saturated heterocycles. The van der Waals surface area contributed by atoms with E-state index in [4.69, 9.17) is 20.3 Å². The predicted octanol–water partition coefficient (Wildman–Crippen LogP) is 3.92. The molecule has 5 N–H and O–H groups in total. The standard InChI is InChI=1S/C27H34N6O2.CH4O/c1-3-4-12-29-26-25-24(31-27(28)32-26)21-7-5-6-8-22(21)33(25)16-19-14-18(9-10-23(19)34-2)15-30-20-11-13-35-17-20;1-2/h5-10,14,20,30H,3-4,11-13,15-17H2,1-2H3,(H3,28,29,31,32);2H,1H3. The summed E-state index contributed by atoms with van der Waals surface area (Å²) >= 11 is 0. The number of nitrogens with one attached hydrogen (secondary N) is 2. The van der Waals surface area contributed by atoms with E-state index in [0.717, 1.165) is 91.7 Å². The number of methoxy groups -OCH3 is 1. The average Bonchev–Trinajstić information content (AvgIpc) is 3.56. The summed E-state index contributed by atoms with van der Waals surface area (Å²) in [5.74, 6) is 1.91. The summed E-state index contributed by atoms with van der Waals surface area (Å²) in [5.41, 5.74) is 11.4. The molecule has 4 aromatic rings. The van der Waals surface area contributed by atoms with Gasteiger partial charge in [0.2, 0.25) is 5.95 Å². The van der Waals surface area contributed by atoms with E-state index in [9.17, 15) is 0 Å². The fraction of sp³-hybridized carbons (Fsp3) is 0.429.